The van der Waals surface area contributed by atoms with Crippen LogP contribution in [0.3, 0.4) is 0 Å². The predicted molar refractivity (Wildman–Crippen MR) is 118 cm³/mol. The number of rotatable bonds is 15. The summed E-state index contributed by atoms with van der Waals surface area (Å²) < 4.78 is 11.3. The summed E-state index contributed by atoms with van der Waals surface area (Å²) in [6.45, 7) is 6.50. The van der Waals surface area contributed by atoms with E-state index in [-0.39, 0.29) is 0 Å². The van der Waals surface area contributed by atoms with E-state index in [9.17, 15) is 0 Å². The summed E-state index contributed by atoms with van der Waals surface area (Å²) in [6.07, 6.45) is 13.1. The van der Waals surface area contributed by atoms with Gasteiger partial charge in [-0.1, -0.05) is 76.6 Å². The molecule has 0 fully saturated rings. The smallest absolute Gasteiger partial charge is 0.137 e. The molecule has 0 radical (unpaired) electrons. The van der Waals surface area contributed by atoms with Gasteiger partial charge in [0.1, 0.15) is 12.4 Å². The maximum Gasteiger partial charge on any atom is 0.137 e. The van der Waals surface area contributed by atoms with Gasteiger partial charge < -0.3 is 9.47 Å². The second-order valence-electron chi connectivity index (χ2n) is 7.41. The van der Waals surface area contributed by atoms with Crippen LogP contribution in [0.4, 0.5) is 0 Å². The van der Waals surface area contributed by atoms with Crippen molar-refractivity contribution < 1.29 is 9.47 Å². The Morgan fingerprint density at radius 1 is 0.714 bits per heavy atom. The Hall–Kier alpha value is -1.87. The van der Waals surface area contributed by atoms with E-state index in [0.29, 0.717) is 13.2 Å². The van der Waals surface area contributed by atoms with E-state index in [1.807, 2.05) is 12.1 Å². The van der Waals surface area contributed by atoms with Crippen LogP contribution >= 0.6 is 0 Å². The van der Waals surface area contributed by atoms with Gasteiger partial charge in [-0.3, -0.25) is 4.98 Å². The predicted octanol–water partition coefficient (Wildman–Crippen LogP) is 6.85. The van der Waals surface area contributed by atoms with Crippen LogP contribution in [0.2, 0.25) is 0 Å². The fourth-order valence-corrected chi connectivity index (χ4v) is 3.19. The van der Waals surface area contributed by atoms with Gasteiger partial charge in [0, 0.05) is 12.2 Å². The molecule has 154 valence electrons. The van der Waals surface area contributed by atoms with Crippen LogP contribution in [0.15, 0.2) is 42.6 Å². The van der Waals surface area contributed by atoms with Crippen molar-refractivity contribution in [3.8, 4) is 17.0 Å². The summed E-state index contributed by atoms with van der Waals surface area (Å²) in [5, 5.41) is 0. The molecule has 0 aliphatic heterocycles. The third kappa shape index (κ3) is 8.88. The quantitative estimate of drug-likeness (QED) is 0.315. The minimum atomic E-state index is 0.571. The van der Waals surface area contributed by atoms with Crippen LogP contribution < -0.4 is 4.74 Å². The first-order valence-corrected chi connectivity index (χ1v) is 11.1. The molecular formula is C25H37NO2. The minimum absolute atomic E-state index is 0.571. The lowest BCUT2D eigenvalue weighted by Crippen LogP contribution is -2.07. The van der Waals surface area contributed by atoms with Crippen molar-refractivity contribution in [1.82, 2.24) is 4.98 Å². The fourth-order valence-electron chi connectivity index (χ4n) is 3.19. The van der Waals surface area contributed by atoms with Crippen LogP contribution in [0, 0.1) is 0 Å². The Bertz CT molecular complexity index is 622. The average Bonchev–Trinajstić information content (AvgIpc) is 2.74. The third-order valence-corrected chi connectivity index (χ3v) is 4.94. The molecule has 2 rings (SSSR count). The largest absolute Gasteiger partial charge is 0.490 e. The average molecular weight is 384 g/mol. The molecule has 28 heavy (non-hydrogen) atoms. The summed E-state index contributed by atoms with van der Waals surface area (Å²) in [5.41, 5.74) is 3.55. The number of benzene rings is 1. The molecule has 0 unspecified atom stereocenters. The Balaban J connectivity index is 1.68. The van der Waals surface area contributed by atoms with Crippen molar-refractivity contribution in [2.75, 3.05) is 19.8 Å². The van der Waals surface area contributed by atoms with E-state index in [4.69, 9.17) is 9.47 Å². The first-order chi connectivity index (χ1) is 13.8. The molecule has 0 amide bonds. The molecule has 3 nitrogen and oxygen atoms in total. The molecule has 1 aromatic carbocycles. The molecule has 0 N–H and O–H groups in total. The van der Waals surface area contributed by atoms with E-state index in [1.54, 1.807) is 6.20 Å². The van der Waals surface area contributed by atoms with Crippen LogP contribution in [-0.4, -0.2) is 24.8 Å². The number of ether oxygens (including phenoxy) is 2. The van der Waals surface area contributed by atoms with E-state index in [1.165, 1.54) is 56.9 Å². The van der Waals surface area contributed by atoms with Crippen LogP contribution in [-0.2, 0) is 11.2 Å². The van der Waals surface area contributed by atoms with Crippen molar-refractivity contribution in [3.05, 3.63) is 48.2 Å². The maximum atomic E-state index is 5.72. The van der Waals surface area contributed by atoms with Gasteiger partial charge in [0.25, 0.3) is 0 Å². The normalized spacial score (nSPS) is 10.9. The summed E-state index contributed by atoms with van der Waals surface area (Å²) in [6, 6.07) is 12.8. The highest BCUT2D eigenvalue weighted by molar-refractivity contribution is 5.59. The highest BCUT2D eigenvalue weighted by Gasteiger charge is 2.02. The molecule has 3 heteroatoms. The number of aryl methyl sites for hydroxylation is 1. The molecule has 1 heterocycles. The van der Waals surface area contributed by atoms with Crippen molar-refractivity contribution >= 4 is 0 Å². The third-order valence-electron chi connectivity index (χ3n) is 4.94. The fraction of sp³-hybridized carbons (Fsp3) is 0.560. The number of nitrogens with zero attached hydrogens (tertiary/aromatic N) is 1. The zero-order valence-electron chi connectivity index (χ0n) is 17.8. The highest BCUT2D eigenvalue weighted by atomic mass is 16.5. The molecule has 0 aliphatic carbocycles. The first-order valence-electron chi connectivity index (χ1n) is 11.1. The van der Waals surface area contributed by atoms with Gasteiger partial charge in [0.15, 0.2) is 0 Å². The summed E-state index contributed by atoms with van der Waals surface area (Å²) >= 11 is 0. The van der Waals surface area contributed by atoms with Crippen molar-refractivity contribution in [2.45, 2.75) is 71.6 Å². The number of hydrogen-bond donors (Lipinski definition) is 0. The first kappa shape index (κ1) is 22.4. The molecule has 0 saturated carbocycles. The molecule has 2 aromatic rings. The van der Waals surface area contributed by atoms with Gasteiger partial charge in [-0.05, 0) is 37.0 Å². The second kappa shape index (κ2) is 14.2. The number of aromatic nitrogens is 1. The van der Waals surface area contributed by atoms with E-state index < -0.39 is 0 Å². The van der Waals surface area contributed by atoms with Gasteiger partial charge in [-0.2, -0.15) is 0 Å². The van der Waals surface area contributed by atoms with Gasteiger partial charge in [-0.15, -0.1) is 0 Å². The van der Waals surface area contributed by atoms with Crippen LogP contribution in [0.1, 0.15) is 70.8 Å². The van der Waals surface area contributed by atoms with Gasteiger partial charge in [0.2, 0.25) is 0 Å². The Morgan fingerprint density at radius 3 is 2.14 bits per heavy atom. The molecule has 0 saturated heterocycles. The maximum absolute atomic E-state index is 5.72. The molecular weight excluding hydrogens is 346 g/mol. The SMILES string of the molecule is CCCCCCOCCOc1ccc(-c2ccc(CCCCCC)cc2)nc1. The topological polar surface area (TPSA) is 31.4 Å². The Morgan fingerprint density at radius 2 is 1.46 bits per heavy atom. The zero-order valence-corrected chi connectivity index (χ0v) is 17.8. The lowest BCUT2D eigenvalue weighted by Gasteiger charge is -2.08. The van der Waals surface area contributed by atoms with E-state index in [0.717, 1.165) is 30.0 Å². The number of unbranched alkanes of at least 4 members (excludes halogenated alkanes) is 6. The van der Waals surface area contributed by atoms with Gasteiger partial charge in [0.05, 0.1) is 18.5 Å². The highest BCUT2D eigenvalue weighted by Crippen LogP contribution is 2.21. The number of pyridine rings is 1. The molecule has 0 spiro atoms. The summed E-state index contributed by atoms with van der Waals surface area (Å²) in [5.74, 6) is 0.797. The van der Waals surface area contributed by atoms with Gasteiger partial charge >= 0.3 is 0 Å². The number of hydrogen-bond acceptors (Lipinski definition) is 3. The van der Waals surface area contributed by atoms with E-state index >= 15 is 0 Å². The summed E-state index contributed by atoms with van der Waals surface area (Å²) in [4.78, 5) is 4.55. The zero-order chi connectivity index (χ0) is 19.9. The molecule has 0 atom stereocenters. The van der Waals surface area contributed by atoms with Crippen LogP contribution in [0.25, 0.3) is 11.3 Å². The summed E-state index contributed by atoms with van der Waals surface area (Å²) in [7, 11) is 0. The molecule has 0 bridgehead atoms. The van der Waals surface area contributed by atoms with Crippen molar-refractivity contribution in [3.63, 3.8) is 0 Å². The van der Waals surface area contributed by atoms with Crippen molar-refractivity contribution in [1.29, 1.82) is 0 Å². The lowest BCUT2D eigenvalue weighted by molar-refractivity contribution is 0.0970. The lowest BCUT2D eigenvalue weighted by atomic mass is 10.0. The monoisotopic (exact) mass is 383 g/mol. The Labute approximate surface area is 171 Å². The minimum Gasteiger partial charge on any atom is -0.490 e. The Kier molecular flexibility index (Phi) is 11.3. The van der Waals surface area contributed by atoms with E-state index in [2.05, 4.69) is 43.1 Å². The van der Waals surface area contributed by atoms with Crippen LogP contribution in [0.5, 0.6) is 5.75 Å². The standard InChI is InChI=1S/C25H37NO2/c1-3-5-7-9-11-22-12-14-23(15-13-22)25-17-16-24(21-26-25)28-20-19-27-18-10-8-6-4-2/h12-17,21H,3-11,18-20H2,1-2H3. The molecule has 1 aromatic heterocycles. The van der Waals surface area contributed by atoms with Gasteiger partial charge in [-0.25, -0.2) is 0 Å². The van der Waals surface area contributed by atoms with Crippen molar-refractivity contribution in [2.24, 2.45) is 0 Å². The second-order valence-corrected chi connectivity index (χ2v) is 7.41. The molecule has 0 aliphatic rings.